The second-order valence-corrected chi connectivity index (χ2v) is 11.0. The molecule has 2 aromatic carbocycles. The van der Waals surface area contributed by atoms with Crippen LogP contribution in [0.1, 0.15) is 31.9 Å². The van der Waals surface area contributed by atoms with Gasteiger partial charge in [-0.15, -0.1) is 0 Å². The first-order valence-electron chi connectivity index (χ1n) is 11.5. The SMILES string of the molecule is Cc1ccccc1CN(C(=O)CN(c1ccc2c(c1)OCO2)S(C)(=O)=O)[C@H](C)C(=O)NCC(C)C. The number of amides is 2. The molecule has 35 heavy (non-hydrogen) atoms. The van der Waals surface area contributed by atoms with Crippen LogP contribution in [0.2, 0.25) is 0 Å². The number of nitrogens with zero attached hydrogens (tertiary/aromatic N) is 2. The summed E-state index contributed by atoms with van der Waals surface area (Å²) in [6, 6.07) is 11.5. The van der Waals surface area contributed by atoms with Gasteiger partial charge >= 0.3 is 0 Å². The van der Waals surface area contributed by atoms with Crippen LogP contribution in [0.4, 0.5) is 5.69 Å². The molecule has 1 atom stereocenters. The first-order valence-corrected chi connectivity index (χ1v) is 13.3. The van der Waals surface area contributed by atoms with E-state index >= 15 is 0 Å². The van der Waals surface area contributed by atoms with Crippen LogP contribution in [0.15, 0.2) is 42.5 Å². The highest BCUT2D eigenvalue weighted by Gasteiger charge is 2.31. The van der Waals surface area contributed by atoms with Crippen molar-refractivity contribution in [2.24, 2.45) is 5.92 Å². The Bertz CT molecular complexity index is 1180. The van der Waals surface area contributed by atoms with Gasteiger partial charge in [0, 0.05) is 19.2 Å². The number of carbonyl (C=O) groups is 2. The number of sulfonamides is 1. The third-order valence-corrected chi connectivity index (χ3v) is 6.92. The molecule has 0 aliphatic carbocycles. The van der Waals surface area contributed by atoms with Gasteiger partial charge in [-0.3, -0.25) is 13.9 Å². The van der Waals surface area contributed by atoms with E-state index in [2.05, 4.69) is 5.32 Å². The maximum Gasteiger partial charge on any atom is 0.244 e. The molecule has 2 aromatic rings. The lowest BCUT2D eigenvalue weighted by molar-refractivity contribution is -0.139. The molecule has 0 aromatic heterocycles. The highest BCUT2D eigenvalue weighted by atomic mass is 32.2. The van der Waals surface area contributed by atoms with Gasteiger partial charge in [-0.2, -0.15) is 0 Å². The Morgan fingerprint density at radius 1 is 1.06 bits per heavy atom. The van der Waals surface area contributed by atoms with Crippen molar-refractivity contribution in [2.75, 3.05) is 30.4 Å². The lowest BCUT2D eigenvalue weighted by atomic mass is 10.1. The van der Waals surface area contributed by atoms with E-state index < -0.39 is 28.5 Å². The Balaban J connectivity index is 1.90. The zero-order chi connectivity index (χ0) is 25.8. The van der Waals surface area contributed by atoms with Crippen molar-refractivity contribution in [3.8, 4) is 11.5 Å². The summed E-state index contributed by atoms with van der Waals surface area (Å²) >= 11 is 0. The van der Waals surface area contributed by atoms with Crippen molar-refractivity contribution in [2.45, 2.75) is 40.3 Å². The quantitative estimate of drug-likeness (QED) is 0.535. The molecule has 0 fully saturated rings. The maximum absolute atomic E-state index is 13.6. The predicted octanol–water partition coefficient (Wildman–Crippen LogP) is 2.68. The molecule has 0 radical (unpaired) electrons. The average molecular weight is 504 g/mol. The summed E-state index contributed by atoms with van der Waals surface area (Å²) in [5.41, 5.74) is 2.12. The van der Waals surface area contributed by atoms with Crippen LogP contribution in [0.25, 0.3) is 0 Å². The summed E-state index contributed by atoms with van der Waals surface area (Å²) in [7, 11) is -3.82. The number of fused-ring (bicyclic) bond motifs is 1. The normalized spacial score (nSPS) is 13.4. The van der Waals surface area contributed by atoms with E-state index in [0.29, 0.717) is 18.0 Å². The number of nitrogens with one attached hydrogen (secondary N) is 1. The van der Waals surface area contributed by atoms with Crippen molar-refractivity contribution >= 4 is 27.5 Å². The topological polar surface area (TPSA) is 105 Å². The summed E-state index contributed by atoms with van der Waals surface area (Å²) in [5, 5.41) is 2.87. The van der Waals surface area contributed by atoms with E-state index in [1.807, 2.05) is 45.0 Å². The van der Waals surface area contributed by atoms with Crippen LogP contribution in [0.5, 0.6) is 11.5 Å². The van der Waals surface area contributed by atoms with Crippen molar-refractivity contribution in [3.05, 3.63) is 53.6 Å². The fourth-order valence-electron chi connectivity index (χ4n) is 3.66. The molecule has 0 spiro atoms. The number of benzene rings is 2. The first-order chi connectivity index (χ1) is 16.5. The largest absolute Gasteiger partial charge is 0.454 e. The van der Waals surface area contributed by atoms with Gasteiger partial charge in [0.05, 0.1) is 11.9 Å². The standard InChI is InChI=1S/C25H33N3O6S/c1-17(2)13-26-25(30)19(4)27(14-20-9-7-6-8-18(20)3)24(29)15-28(35(5,31)32)21-10-11-22-23(12-21)34-16-33-22/h6-12,17,19H,13-16H2,1-5H3,(H,26,30)/t19-/m1/s1. The Morgan fingerprint density at radius 3 is 2.40 bits per heavy atom. The molecule has 2 amide bonds. The minimum Gasteiger partial charge on any atom is -0.454 e. The van der Waals surface area contributed by atoms with Crippen LogP contribution in [-0.4, -0.2) is 57.3 Å². The smallest absolute Gasteiger partial charge is 0.244 e. The van der Waals surface area contributed by atoms with E-state index in [1.54, 1.807) is 19.1 Å². The van der Waals surface area contributed by atoms with E-state index in [0.717, 1.165) is 21.7 Å². The van der Waals surface area contributed by atoms with Crippen molar-refractivity contribution in [3.63, 3.8) is 0 Å². The van der Waals surface area contributed by atoms with E-state index in [1.165, 1.54) is 11.0 Å². The average Bonchev–Trinajstić information content (AvgIpc) is 3.27. The highest BCUT2D eigenvalue weighted by Crippen LogP contribution is 2.36. The van der Waals surface area contributed by atoms with Gasteiger partial charge in [-0.1, -0.05) is 38.1 Å². The molecule has 0 saturated heterocycles. The fraction of sp³-hybridized carbons (Fsp3) is 0.440. The number of hydrogen-bond donors (Lipinski definition) is 1. The van der Waals surface area contributed by atoms with E-state index in [4.69, 9.17) is 9.47 Å². The molecule has 10 heteroatoms. The van der Waals surface area contributed by atoms with Gasteiger partial charge in [0.15, 0.2) is 11.5 Å². The van der Waals surface area contributed by atoms with Crippen LogP contribution in [0, 0.1) is 12.8 Å². The zero-order valence-electron chi connectivity index (χ0n) is 20.8. The van der Waals surface area contributed by atoms with Gasteiger partial charge in [0.25, 0.3) is 0 Å². The number of hydrogen-bond acceptors (Lipinski definition) is 6. The number of rotatable bonds is 10. The molecule has 1 aliphatic rings. The first kappa shape index (κ1) is 26.3. The molecule has 0 saturated carbocycles. The Labute approximate surface area is 207 Å². The summed E-state index contributed by atoms with van der Waals surface area (Å²) in [4.78, 5) is 27.9. The van der Waals surface area contributed by atoms with Gasteiger partial charge < -0.3 is 19.7 Å². The Kier molecular flexibility index (Phi) is 8.26. The minimum absolute atomic E-state index is 0.0454. The molecule has 1 N–H and O–H groups in total. The molecular weight excluding hydrogens is 470 g/mol. The van der Waals surface area contributed by atoms with Crippen molar-refractivity contribution in [1.82, 2.24) is 10.2 Å². The zero-order valence-corrected chi connectivity index (χ0v) is 21.6. The molecule has 0 unspecified atom stereocenters. The molecule has 1 heterocycles. The molecule has 190 valence electrons. The van der Waals surface area contributed by atoms with Crippen LogP contribution in [-0.2, 0) is 26.2 Å². The summed E-state index contributed by atoms with van der Waals surface area (Å²) < 4.78 is 37.1. The highest BCUT2D eigenvalue weighted by molar-refractivity contribution is 7.92. The maximum atomic E-state index is 13.6. The lowest BCUT2D eigenvalue weighted by Crippen LogP contribution is -2.51. The lowest BCUT2D eigenvalue weighted by Gasteiger charge is -2.32. The van der Waals surface area contributed by atoms with E-state index in [-0.39, 0.29) is 30.9 Å². The van der Waals surface area contributed by atoms with Crippen LogP contribution >= 0.6 is 0 Å². The fourth-order valence-corrected chi connectivity index (χ4v) is 4.50. The number of anilines is 1. The van der Waals surface area contributed by atoms with Gasteiger partial charge in [0.1, 0.15) is 12.6 Å². The Morgan fingerprint density at radius 2 is 1.74 bits per heavy atom. The third kappa shape index (κ3) is 6.66. The second kappa shape index (κ2) is 11.0. The third-order valence-electron chi connectivity index (χ3n) is 5.78. The molecule has 3 rings (SSSR count). The summed E-state index contributed by atoms with van der Waals surface area (Å²) in [6.07, 6.45) is 1.04. The van der Waals surface area contributed by atoms with E-state index in [9.17, 15) is 18.0 Å². The molecular formula is C25H33N3O6S. The summed E-state index contributed by atoms with van der Waals surface area (Å²) in [5.74, 6) is 0.364. The van der Waals surface area contributed by atoms with Gasteiger partial charge in [-0.05, 0) is 43.0 Å². The second-order valence-electron chi connectivity index (χ2n) is 9.07. The van der Waals surface area contributed by atoms with Gasteiger partial charge in [-0.25, -0.2) is 8.42 Å². The predicted molar refractivity (Wildman–Crippen MR) is 134 cm³/mol. The van der Waals surface area contributed by atoms with Crippen molar-refractivity contribution < 1.29 is 27.5 Å². The number of ether oxygens (including phenoxy) is 2. The summed E-state index contributed by atoms with van der Waals surface area (Å²) in [6.45, 7) is 7.76. The molecule has 0 bridgehead atoms. The number of carbonyl (C=O) groups excluding carboxylic acids is 2. The van der Waals surface area contributed by atoms with Crippen molar-refractivity contribution in [1.29, 1.82) is 0 Å². The minimum atomic E-state index is -3.82. The Hall–Kier alpha value is -3.27. The number of aryl methyl sites for hydroxylation is 1. The van der Waals surface area contributed by atoms with Gasteiger partial charge in [0.2, 0.25) is 28.6 Å². The van der Waals surface area contributed by atoms with Crippen LogP contribution < -0.4 is 19.1 Å². The molecule has 1 aliphatic heterocycles. The molecule has 9 nitrogen and oxygen atoms in total. The monoisotopic (exact) mass is 503 g/mol. The van der Waals surface area contributed by atoms with Crippen LogP contribution in [0.3, 0.4) is 0 Å².